The minimum atomic E-state index is -0.464. The maximum Gasteiger partial charge on any atom is 0.410 e. The Hall–Kier alpha value is -0.770. The summed E-state index contributed by atoms with van der Waals surface area (Å²) in [6, 6.07) is 0.194. The Morgan fingerprint density at radius 2 is 2.00 bits per heavy atom. The molecule has 0 radical (unpaired) electrons. The predicted octanol–water partition coefficient (Wildman–Crippen LogP) is 2.40. The van der Waals surface area contributed by atoms with Gasteiger partial charge in [0.05, 0.1) is 6.10 Å². The molecule has 0 aliphatic carbocycles. The van der Waals surface area contributed by atoms with Crippen LogP contribution in [-0.2, 0) is 4.74 Å². The molecule has 1 aliphatic rings. The van der Waals surface area contributed by atoms with E-state index in [1.54, 1.807) is 11.8 Å². The summed E-state index contributed by atoms with van der Waals surface area (Å²) in [7, 11) is 0. The number of rotatable bonds is 1. The number of likely N-dealkylation sites (tertiary alicyclic amines) is 1. The van der Waals surface area contributed by atoms with E-state index in [0.717, 1.165) is 12.8 Å². The number of amides is 1. The van der Waals surface area contributed by atoms with Crippen molar-refractivity contribution in [2.24, 2.45) is 5.92 Å². The minimum Gasteiger partial charge on any atom is -0.444 e. The molecule has 1 aliphatic heterocycles. The molecule has 1 heterocycles. The van der Waals surface area contributed by atoms with E-state index < -0.39 is 5.60 Å². The van der Waals surface area contributed by atoms with Gasteiger partial charge < -0.3 is 14.7 Å². The van der Waals surface area contributed by atoms with Crippen molar-refractivity contribution in [3.05, 3.63) is 0 Å². The lowest BCUT2D eigenvalue weighted by Crippen LogP contribution is -2.49. The molecule has 4 heteroatoms. The van der Waals surface area contributed by atoms with Crippen molar-refractivity contribution in [1.29, 1.82) is 0 Å². The summed E-state index contributed by atoms with van der Waals surface area (Å²) >= 11 is 0. The molecule has 1 amide bonds. The summed E-state index contributed by atoms with van der Waals surface area (Å²) in [4.78, 5) is 13.8. The van der Waals surface area contributed by atoms with Gasteiger partial charge in [-0.15, -0.1) is 0 Å². The van der Waals surface area contributed by atoms with Gasteiger partial charge in [-0.25, -0.2) is 4.79 Å². The third-order valence-electron chi connectivity index (χ3n) is 3.23. The molecule has 0 aromatic rings. The maximum atomic E-state index is 12.0. The topological polar surface area (TPSA) is 49.8 Å². The zero-order valence-electron chi connectivity index (χ0n) is 11.6. The number of aliphatic hydroxyl groups excluding tert-OH is 1. The number of carbonyl (C=O) groups excluding carboxylic acids is 1. The highest BCUT2D eigenvalue weighted by Crippen LogP contribution is 2.25. The van der Waals surface area contributed by atoms with Crippen LogP contribution in [0.2, 0.25) is 0 Å². The predicted molar refractivity (Wildman–Crippen MR) is 66.8 cm³/mol. The number of ether oxygens (including phenoxy) is 1. The van der Waals surface area contributed by atoms with Crippen LogP contribution < -0.4 is 0 Å². The normalized spacial score (nSPS) is 27.8. The van der Waals surface area contributed by atoms with Crippen LogP contribution in [0.25, 0.3) is 0 Å². The molecule has 17 heavy (non-hydrogen) atoms. The first kappa shape index (κ1) is 14.3. The summed E-state index contributed by atoms with van der Waals surface area (Å²) < 4.78 is 5.38. The van der Waals surface area contributed by atoms with Crippen molar-refractivity contribution >= 4 is 6.09 Å². The first-order valence-corrected chi connectivity index (χ1v) is 6.38. The second-order valence-corrected chi connectivity index (χ2v) is 6.06. The summed E-state index contributed by atoms with van der Waals surface area (Å²) in [6.45, 7) is 10.0. The Balaban J connectivity index is 2.64. The van der Waals surface area contributed by atoms with Crippen LogP contribution in [0.3, 0.4) is 0 Å². The molecular weight excluding hydrogens is 218 g/mol. The summed E-state index contributed by atoms with van der Waals surface area (Å²) in [6.07, 6.45) is 1.26. The van der Waals surface area contributed by atoms with Crippen molar-refractivity contribution in [2.45, 2.75) is 65.2 Å². The van der Waals surface area contributed by atoms with Gasteiger partial charge in [-0.3, -0.25) is 0 Å². The molecule has 0 aromatic carbocycles. The van der Waals surface area contributed by atoms with Gasteiger partial charge in [0.15, 0.2) is 0 Å². The summed E-state index contributed by atoms with van der Waals surface area (Å²) in [5.41, 5.74) is -0.464. The molecule has 0 bridgehead atoms. The molecule has 1 rings (SSSR count). The quantitative estimate of drug-likeness (QED) is 0.769. The molecule has 1 fully saturated rings. The van der Waals surface area contributed by atoms with Gasteiger partial charge in [0, 0.05) is 18.5 Å². The zero-order valence-corrected chi connectivity index (χ0v) is 11.6. The second-order valence-electron chi connectivity index (χ2n) is 6.06. The fraction of sp³-hybridized carbons (Fsp3) is 0.923. The molecule has 100 valence electrons. The SMILES string of the molecule is CC(O)C1CCC(C)N(C(=O)OC(C)(C)C)C1. The van der Waals surface area contributed by atoms with Crippen molar-refractivity contribution in [1.82, 2.24) is 4.90 Å². The molecule has 1 N–H and O–H groups in total. The first-order chi connectivity index (χ1) is 7.70. The van der Waals surface area contributed by atoms with E-state index in [0.29, 0.717) is 6.54 Å². The van der Waals surface area contributed by atoms with Crippen molar-refractivity contribution < 1.29 is 14.6 Å². The third kappa shape index (κ3) is 4.19. The molecule has 4 nitrogen and oxygen atoms in total. The molecular formula is C13H25NO3. The lowest BCUT2D eigenvalue weighted by atomic mass is 9.90. The molecule has 3 atom stereocenters. The summed E-state index contributed by atoms with van der Waals surface area (Å²) in [5.74, 6) is 0.165. The van der Waals surface area contributed by atoms with Crippen LogP contribution in [0.4, 0.5) is 4.79 Å². The Kier molecular flexibility index (Phi) is 4.42. The van der Waals surface area contributed by atoms with Crippen molar-refractivity contribution in [2.75, 3.05) is 6.54 Å². The number of carbonyl (C=O) groups is 1. The van der Waals surface area contributed by atoms with Gasteiger partial charge in [-0.1, -0.05) is 0 Å². The smallest absolute Gasteiger partial charge is 0.410 e. The van der Waals surface area contributed by atoms with E-state index in [2.05, 4.69) is 0 Å². The highest BCUT2D eigenvalue weighted by molar-refractivity contribution is 5.68. The zero-order chi connectivity index (χ0) is 13.2. The number of aliphatic hydroxyl groups is 1. The van der Waals surface area contributed by atoms with E-state index in [-0.39, 0.29) is 24.2 Å². The van der Waals surface area contributed by atoms with Crippen LogP contribution in [0, 0.1) is 5.92 Å². The second kappa shape index (κ2) is 5.25. The van der Waals surface area contributed by atoms with E-state index in [1.807, 2.05) is 27.7 Å². The first-order valence-electron chi connectivity index (χ1n) is 6.38. The van der Waals surface area contributed by atoms with Gasteiger partial charge in [-0.05, 0) is 47.5 Å². The van der Waals surface area contributed by atoms with Crippen LogP contribution in [0.5, 0.6) is 0 Å². The molecule has 0 spiro atoms. The van der Waals surface area contributed by atoms with Crippen LogP contribution >= 0.6 is 0 Å². The maximum absolute atomic E-state index is 12.0. The number of hydrogen-bond acceptors (Lipinski definition) is 3. The molecule has 0 saturated carbocycles. The van der Waals surface area contributed by atoms with Gasteiger partial charge in [-0.2, -0.15) is 0 Å². The fourth-order valence-corrected chi connectivity index (χ4v) is 2.10. The highest BCUT2D eigenvalue weighted by atomic mass is 16.6. The number of nitrogens with zero attached hydrogens (tertiary/aromatic N) is 1. The summed E-state index contributed by atoms with van der Waals surface area (Å²) in [5, 5.41) is 9.62. The Morgan fingerprint density at radius 3 is 2.47 bits per heavy atom. The monoisotopic (exact) mass is 243 g/mol. The molecule has 1 saturated heterocycles. The van der Waals surface area contributed by atoms with Gasteiger partial charge in [0.2, 0.25) is 0 Å². The molecule has 3 unspecified atom stereocenters. The molecule has 0 aromatic heterocycles. The Bertz CT molecular complexity index is 270. The van der Waals surface area contributed by atoms with Crippen LogP contribution in [-0.4, -0.2) is 40.4 Å². The number of piperidine rings is 1. The lowest BCUT2D eigenvalue weighted by Gasteiger charge is -2.39. The standard InChI is InChI=1S/C13H25NO3/c1-9-6-7-11(10(2)15)8-14(9)12(16)17-13(3,4)5/h9-11,15H,6-8H2,1-5H3. The number of hydrogen-bond donors (Lipinski definition) is 1. The largest absolute Gasteiger partial charge is 0.444 e. The Labute approximate surface area is 104 Å². The fourth-order valence-electron chi connectivity index (χ4n) is 2.10. The van der Waals surface area contributed by atoms with E-state index in [4.69, 9.17) is 4.74 Å². The van der Waals surface area contributed by atoms with E-state index >= 15 is 0 Å². The van der Waals surface area contributed by atoms with Gasteiger partial charge in [0.1, 0.15) is 5.60 Å². The highest BCUT2D eigenvalue weighted by Gasteiger charge is 2.33. The van der Waals surface area contributed by atoms with Crippen molar-refractivity contribution in [3.63, 3.8) is 0 Å². The van der Waals surface area contributed by atoms with Crippen molar-refractivity contribution in [3.8, 4) is 0 Å². The average molecular weight is 243 g/mol. The average Bonchev–Trinajstić information content (AvgIpc) is 2.14. The third-order valence-corrected chi connectivity index (χ3v) is 3.23. The van der Waals surface area contributed by atoms with Gasteiger partial charge in [0.25, 0.3) is 0 Å². The van der Waals surface area contributed by atoms with Crippen LogP contribution in [0.15, 0.2) is 0 Å². The van der Waals surface area contributed by atoms with E-state index in [9.17, 15) is 9.90 Å². The lowest BCUT2D eigenvalue weighted by molar-refractivity contribution is -0.00774. The Morgan fingerprint density at radius 1 is 1.41 bits per heavy atom. The van der Waals surface area contributed by atoms with E-state index in [1.165, 1.54) is 0 Å². The minimum absolute atomic E-state index is 0.165. The van der Waals surface area contributed by atoms with Crippen LogP contribution in [0.1, 0.15) is 47.5 Å². The van der Waals surface area contributed by atoms with Gasteiger partial charge >= 0.3 is 6.09 Å².